The van der Waals surface area contributed by atoms with Gasteiger partial charge in [-0.25, -0.2) is 0 Å². The van der Waals surface area contributed by atoms with Gasteiger partial charge in [-0.1, -0.05) is 37.1 Å². The maximum Gasteiger partial charge on any atom is 0.310 e. The fourth-order valence-corrected chi connectivity index (χ4v) is 1.28. The summed E-state index contributed by atoms with van der Waals surface area (Å²) in [6.07, 6.45) is 2.28. The highest BCUT2D eigenvalue weighted by Gasteiger charge is 2.03. The molecule has 0 aliphatic heterocycles. The number of carbonyl (C=O) groups is 1. The number of hydrogen-bond acceptors (Lipinski definition) is 2. The third-order valence-electron chi connectivity index (χ3n) is 2.02. The molecule has 1 aromatic rings. The van der Waals surface area contributed by atoms with Crippen LogP contribution in [-0.2, 0) is 16.0 Å². The molecule has 1 rings (SSSR count). The van der Waals surface area contributed by atoms with E-state index >= 15 is 0 Å². The van der Waals surface area contributed by atoms with E-state index in [9.17, 15) is 4.79 Å². The van der Waals surface area contributed by atoms with Crippen LogP contribution in [0.4, 0.5) is 0 Å². The number of hydrogen-bond donors (Lipinski definition) is 0. The van der Waals surface area contributed by atoms with Crippen LogP contribution in [0.2, 0.25) is 5.02 Å². The molecule has 2 nitrogen and oxygen atoms in total. The highest BCUT2D eigenvalue weighted by atomic mass is 35.5. The van der Waals surface area contributed by atoms with Gasteiger partial charge in [-0.15, -0.1) is 0 Å². The highest BCUT2D eigenvalue weighted by molar-refractivity contribution is 6.30. The normalized spacial score (nSPS) is 10.0. The summed E-state index contributed by atoms with van der Waals surface area (Å²) in [4.78, 5) is 11.3. The average Bonchev–Trinajstić information content (AvgIpc) is 2.22. The zero-order valence-electron chi connectivity index (χ0n) is 8.83. The van der Waals surface area contributed by atoms with Gasteiger partial charge < -0.3 is 4.74 Å². The second-order valence-corrected chi connectivity index (χ2v) is 3.81. The van der Waals surface area contributed by atoms with Crippen molar-refractivity contribution in [2.24, 2.45) is 0 Å². The molecule has 0 atom stereocenters. The summed E-state index contributed by atoms with van der Waals surface area (Å²) in [5.41, 5.74) is 0.931. The van der Waals surface area contributed by atoms with Crippen LogP contribution in [0.15, 0.2) is 24.3 Å². The summed E-state index contributed by atoms with van der Waals surface area (Å²) in [6.45, 7) is 2.58. The van der Waals surface area contributed by atoms with E-state index in [4.69, 9.17) is 16.3 Å². The number of benzene rings is 1. The molecular weight excluding hydrogens is 212 g/mol. The number of rotatable bonds is 5. The van der Waals surface area contributed by atoms with Gasteiger partial charge in [0.05, 0.1) is 13.0 Å². The predicted molar refractivity (Wildman–Crippen MR) is 61.0 cm³/mol. The zero-order chi connectivity index (χ0) is 11.1. The molecule has 0 fully saturated rings. The van der Waals surface area contributed by atoms with Gasteiger partial charge in [0.25, 0.3) is 0 Å². The Balaban J connectivity index is 2.34. The van der Waals surface area contributed by atoms with Crippen LogP contribution in [0.3, 0.4) is 0 Å². The molecule has 0 amide bonds. The topological polar surface area (TPSA) is 26.3 Å². The first-order valence-corrected chi connectivity index (χ1v) is 5.50. The van der Waals surface area contributed by atoms with Gasteiger partial charge in [0.15, 0.2) is 0 Å². The number of ether oxygens (including phenoxy) is 1. The molecule has 0 N–H and O–H groups in total. The van der Waals surface area contributed by atoms with Crippen molar-refractivity contribution in [1.82, 2.24) is 0 Å². The van der Waals surface area contributed by atoms with Crippen molar-refractivity contribution in [1.29, 1.82) is 0 Å². The van der Waals surface area contributed by atoms with Crippen molar-refractivity contribution in [3.05, 3.63) is 34.9 Å². The molecule has 0 bridgehead atoms. The predicted octanol–water partition coefficient (Wildman–Crippen LogP) is 3.23. The maximum atomic E-state index is 11.3. The quantitative estimate of drug-likeness (QED) is 0.569. The SMILES string of the molecule is CCCCOC(=O)Cc1ccc(Cl)cc1. The monoisotopic (exact) mass is 226 g/mol. The number of carbonyl (C=O) groups excluding carboxylic acids is 1. The van der Waals surface area contributed by atoms with Gasteiger partial charge in [-0.05, 0) is 24.1 Å². The summed E-state index contributed by atoms with van der Waals surface area (Å²) in [7, 11) is 0. The molecule has 82 valence electrons. The van der Waals surface area contributed by atoms with Crippen LogP contribution < -0.4 is 0 Å². The lowest BCUT2D eigenvalue weighted by atomic mass is 10.1. The fraction of sp³-hybridized carbons (Fsp3) is 0.417. The molecule has 0 heterocycles. The van der Waals surface area contributed by atoms with Crippen molar-refractivity contribution < 1.29 is 9.53 Å². The standard InChI is InChI=1S/C12H15ClO2/c1-2-3-8-15-12(14)9-10-4-6-11(13)7-5-10/h4-7H,2-3,8-9H2,1H3. The van der Waals surface area contributed by atoms with Crippen molar-refractivity contribution in [3.8, 4) is 0 Å². The molecule has 15 heavy (non-hydrogen) atoms. The summed E-state index contributed by atoms with van der Waals surface area (Å²) in [6, 6.07) is 7.22. The number of halogens is 1. The first-order valence-electron chi connectivity index (χ1n) is 5.12. The maximum absolute atomic E-state index is 11.3. The Kier molecular flexibility index (Phi) is 5.19. The minimum atomic E-state index is -0.175. The van der Waals surface area contributed by atoms with Gasteiger partial charge in [-0.2, -0.15) is 0 Å². The first kappa shape index (κ1) is 12.1. The molecule has 0 aromatic heterocycles. The molecule has 0 spiro atoms. The van der Waals surface area contributed by atoms with Gasteiger partial charge in [0.1, 0.15) is 0 Å². The molecule has 0 unspecified atom stereocenters. The number of esters is 1. The van der Waals surface area contributed by atoms with E-state index in [1.165, 1.54) is 0 Å². The average molecular weight is 227 g/mol. The van der Waals surface area contributed by atoms with Crippen LogP contribution in [0.5, 0.6) is 0 Å². The zero-order valence-corrected chi connectivity index (χ0v) is 9.59. The molecule has 0 saturated carbocycles. The van der Waals surface area contributed by atoms with Crippen LogP contribution in [0.1, 0.15) is 25.3 Å². The smallest absolute Gasteiger partial charge is 0.310 e. The van der Waals surface area contributed by atoms with Crippen molar-refractivity contribution >= 4 is 17.6 Å². The molecule has 0 radical (unpaired) electrons. The first-order chi connectivity index (χ1) is 7.22. The highest BCUT2D eigenvalue weighted by Crippen LogP contribution is 2.10. The van der Waals surface area contributed by atoms with E-state index in [0.29, 0.717) is 18.1 Å². The van der Waals surface area contributed by atoms with Crippen molar-refractivity contribution in [2.45, 2.75) is 26.2 Å². The summed E-state index contributed by atoms with van der Waals surface area (Å²) < 4.78 is 5.04. The van der Waals surface area contributed by atoms with Crippen LogP contribution >= 0.6 is 11.6 Å². The van der Waals surface area contributed by atoms with E-state index < -0.39 is 0 Å². The lowest BCUT2D eigenvalue weighted by molar-refractivity contribution is -0.142. The third-order valence-corrected chi connectivity index (χ3v) is 2.27. The molecule has 1 aromatic carbocycles. The van der Waals surface area contributed by atoms with Crippen LogP contribution in [-0.4, -0.2) is 12.6 Å². The minimum absolute atomic E-state index is 0.175. The van der Waals surface area contributed by atoms with Gasteiger partial charge in [0.2, 0.25) is 0 Å². The Labute approximate surface area is 95.2 Å². The Morgan fingerprint density at radius 1 is 1.33 bits per heavy atom. The van der Waals surface area contributed by atoms with Crippen LogP contribution in [0.25, 0.3) is 0 Å². The molecular formula is C12H15ClO2. The van der Waals surface area contributed by atoms with Gasteiger partial charge >= 0.3 is 5.97 Å². The third kappa shape index (κ3) is 4.84. The molecule has 0 saturated heterocycles. The molecule has 3 heteroatoms. The van der Waals surface area contributed by atoms with Crippen LogP contribution in [0, 0.1) is 0 Å². The van der Waals surface area contributed by atoms with Crippen molar-refractivity contribution in [3.63, 3.8) is 0 Å². The minimum Gasteiger partial charge on any atom is -0.465 e. The summed E-state index contributed by atoms with van der Waals surface area (Å²) in [5.74, 6) is -0.175. The van der Waals surface area contributed by atoms with E-state index in [2.05, 4.69) is 6.92 Å². The van der Waals surface area contributed by atoms with Crippen molar-refractivity contribution in [2.75, 3.05) is 6.61 Å². The van der Waals surface area contributed by atoms with Gasteiger partial charge in [0, 0.05) is 5.02 Å². The van der Waals surface area contributed by atoms with E-state index in [0.717, 1.165) is 18.4 Å². The fourth-order valence-electron chi connectivity index (χ4n) is 1.15. The largest absolute Gasteiger partial charge is 0.465 e. The second-order valence-electron chi connectivity index (χ2n) is 3.38. The summed E-state index contributed by atoms with van der Waals surface area (Å²) >= 11 is 5.73. The number of unbranched alkanes of at least 4 members (excludes halogenated alkanes) is 1. The van der Waals surface area contributed by atoms with E-state index in [1.54, 1.807) is 12.1 Å². The summed E-state index contributed by atoms with van der Waals surface area (Å²) in [5, 5.41) is 0.679. The Morgan fingerprint density at radius 2 is 2.00 bits per heavy atom. The Hall–Kier alpha value is -1.02. The molecule has 0 aliphatic rings. The second kappa shape index (κ2) is 6.46. The van der Waals surface area contributed by atoms with E-state index in [1.807, 2.05) is 12.1 Å². The Morgan fingerprint density at radius 3 is 2.60 bits per heavy atom. The van der Waals surface area contributed by atoms with E-state index in [-0.39, 0.29) is 5.97 Å². The van der Waals surface area contributed by atoms with Gasteiger partial charge in [-0.3, -0.25) is 4.79 Å². The Bertz CT molecular complexity index is 306. The lowest BCUT2D eigenvalue weighted by Gasteiger charge is -2.03. The molecule has 0 aliphatic carbocycles. The lowest BCUT2D eigenvalue weighted by Crippen LogP contribution is -2.08.